The van der Waals surface area contributed by atoms with E-state index in [2.05, 4.69) is 27.4 Å². The van der Waals surface area contributed by atoms with Crippen LogP contribution in [0, 0.1) is 0 Å². The fourth-order valence-corrected chi connectivity index (χ4v) is 1.34. The Morgan fingerprint density at radius 3 is 2.83 bits per heavy atom. The fraction of sp³-hybridized carbons (Fsp3) is 0.750. The van der Waals surface area contributed by atoms with Gasteiger partial charge >= 0.3 is 0 Å². The number of carbonyl (C=O) groups is 1. The molecular formula is C12H22N4O2. The van der Waals surface area contributed by atoms with Crippen molar-refractivity contribution in [3.05, 3.63) is 11.6 Å². The number of H-pyrrole nitrogens is 1. The number of rotatable bonds is 8. The van der Waals surface area contributed by atoms with Gasteiger partial charge in [-0.3, -0.25) is 9.89 Å². The highest BCUT2D eigenvalue weighted by Crippen LogP contribution is 2.07. The monoisotopic (exact) mass is 254 g/mol. The molecule has 0 radical (unpaired) electrons. The molecule has 0 unspecified atom stereocenters. The van der Waals surface area contributed by atoms with Crippen LogP contribution in [0.5, 0.6) is 0 Å². The molecule has 1 amide bonds. The lowest BCUT2D eigenvalue weighted by molar-refractivity contribution is 0.0931. The fourth-order valence-electron chi connectivity index (χ4n) is 1.34. The van der Waals surface area contributed by atoms with Gasteiger partial charge in [0.15, 0.2) is 0 Å². The van der Waals surface area contributed by atoms with E-state index in [4.69, 9.17) is 4.74 Å². The van der Waals surface area contributed by atoms with Crippen LogP contribution >= 0.6 is 0 Å². The molecule has 1 rings (SSSR count). The summed E-state index contributed by atoms with van der Waals surface area (Å²) in [5.41, 5.74) is 0. The second-order valence-electron chi connectivity index (χ2n) is 4.42. The van der Waals surface area contributed by atoms with Crippen molar-refractivity contribution in [2.75, 3.05) is 19.8 Å². The Balaban J connectivity index is 2.23. The van der Waals surface area contributed by atoms with E-state index in [1.165, 1.54) is 0 Å². The molecule has 1 aromatic rings. The summed E-state index contributed by atoms with van der Waals surface area (Å²) in [5.74, 6) is 0.926. The van der Waals surface area contributed by atoms with E-state index in [-0.39, 0.29) is 17.6 Å². The molecule has 0 aliphatic carbocycles. The summed E-state index contributed by atoms with van der Waals surface area (Å²) in [6.45, 7) is 8.07. The molecule has 6 heteroatoms. The van der Waals surface area contributed by atoms with Crippen LogP contribution in [0.2, 0.25) is 0 Å². The van der Waals surface area contributed by atoms with E-state index < -0.39 is 0 Å². The van der Waals surface area contributed by atoms with Gasteiger partial charge in [-0.05, 0) is 12.8 Å². The Hall–Kier alpha value is -1.43. The molecule has 1 aromatic heterocycles. The number of amides is 1. The molecule has 102 valence electrons. The Morgan fingerprint density at radius 2 is 2.22 bits per heavy atom. The number of hydrogen-bond donors (Lipinski definition) is 2. The van der Waals surface area contributed by atoms with Crippen molar-refractivity contribution < 1.29 is 9.53 Å². The number of aromatic amines is 1. The summed E-state index contributed by atoms with van der Waals surface area (Å²) in [5, 5.41) is 9.41. The molecule has 0 aliphatic heterocycles. The van der Waals surface area contributed by atoms with Gasteiger partial charge in [0.25, 0.3) is 5.91 Å². The summed E-state index contributed by atoms with van der Waals surface area (Å²) in [6, 6.07) is 0. The van der Waals surface area contributed by atoms with Crippen LogP contribution in [0.15, 0.2) is 0 Å². The van der Waals surface area contributed by atoms with Crippen LogP contribution in [-0.2, 0) is 4.74 Å². The van der Waals surface area contributed by atoms with Gasteiger partial charge < -0.3 is 10.1 Å². The quantitative estimate of drug-likeness (QED) is 0.688. The summed E-state index contributed by atoms with van der Waals surface area (Å²) in [7, 11) is 0. The molecule has 0 spiro atoms. The minimum atomic E-state index is -0.242. The largest absolute Gasteiger partial charge is 0.381 e. The van der Waals surface area contributed by atoms with E-state index >= 15 is 0 Å². The lowest BCUT2D eigenvalue weighted by Crippen LogP contribution is -2.26. The third-order valence-corrected chi connectivity index (χ3v) is 2.35. The van der Waals surface area contributed by atoms with Gasteiger partial charge in [-0.2, -0.15) is 0 Å². The molecule has 0 aliphatic rings. The van der Waals surface area contributed by atoms with E-state index in [9.17, 15) is 4.79 Å². The van der Waals surface area contributed by atoms with E-state index in [0.717, 1.165) is 25.3 Å². The highest BCUT2D eigenvalue weighted by molar-refractivity contribution is 5.90. The van der Waals surface area contributed by atoms with Gasteiger partial charge in [0.1, 0.15) is 5.82 Å². The van der Waals surface area contributed by atoms with Crippen LogP contribution in [0.25, 0.3) is 0 Å². The molecule has 1 heterocycles. The lowest BCUT2D eigenvalue weighted by atomic mass is 10.2. The molecule has 0 saturated heterocycles. The number of hydrogen-bond acceptors (Lipinski definition) is 4. The molecule has 0 aromatic carbocycles. The topological polar surface area (TPSA) is 79.9 Å². The maximum absolute atomic E-state index is 11.7. The molecular weight excluding hydrogens is 232 g/mol. The van der Waals surface area contributed by atoms with Crippen molar-refractivity contribution in [2.24, 2.45) is 0 Å². The number of aromatic nitrogens is 3. The van der Waals surface area contributed by atoms with Gasteiger partial charge in [0.05, 0.1) is 0 Å². The van der Waals surface area contributed by atoms with E-state index in [0.29, 0.717) is 13.2 Å². The van der Waals surface area contributed by atoms with Crippen LogP contribution in [0.4, 0.5) is 0 Å². The molecule has 18 heavy (non-hydrogen) atoms. The minimum absolute atomic E-state index is 0.202. The summed E-state index contributed by atoms with van der Waals surface area (Å²) < 4.78 is 5.32. The van der Waals surface area contributed by atoms with Crippen molar-refractivity contribution in [1.82, 2.24) is 20.5 Å². The Labute approximate surface area is 108 Å². The van der Waals surface area contributed by atoms with Gasteiger partial charge in [0.2, 0.25) is 5.82 Å². The van der Waals surface area contributed by atoms with Crippen LogP contribution in [0.1, 0.15) is 56.0 Å². The van der Waals surface area contributed by atoms with E-state index in [1.54, 1.807) is 0 Å². The summed E-state index contributed by atoms with van der Waals surface area (Å²) in [6.07, 6.45) is 1.81. The first-order valence-electron chi connectivity index (χ1n) is 6.43. The maximum Gasteiger partial charge on any atom is 0.290 e. The normalized spacial score (nSPS) is 10.9. The Bertz CT molecular complexity index is 363. The second kappa shape index (κ2) is 7.81. The van der Waals surface area contributed by atoms with Crippen LogP contribution in [0.3, 0.4) is 0 Å². The van der Waals surface area contributed by atoms with Crippen molar-refractivity contribution in [1.29, 1.82) is 0 Å². The zero-order valence-electron chi connectivity index (χ0n) is 11.3. The first kappa shape index (κ1) is 14.6. The predicted molar refractivity (Wildman–Crippen MR) is 68.5 cm³/mol. The highest BCUT2D eigenvalue weighted by Gasteiger charge is 2.13. The molecule has 0 atom stereocenters. The molecule has 0 fully saturated rings. The van der Waals surface area contributed by atoms with Crippen molar-refractivity contribution in [3.8, 4) is 0 Å². The Kier molecular flexibility index (Phi) is 6.35. The lowest BCUT2D eigenvalue weighted by Gasteiger charge is -2.03. The zero-order chi connectivity index (χ0) is 13.4. The number of ether oxygens (including phenoxy) is 1. The number of carbonyl (C=O) groups excluding carboxylic acids is 1. The van der Waals surface area contributed by atoms with Crippen LogP contribution < -0.4 is 5.32 Å². The molecule has 0 bridgehead atoms. The van der Waals surface area contributed by atoms with Crippen molar-refractivity contribution in [3.63, 3.8) is 0 Å². The van der Waals surface area contributed by atoms with E-state index in [1.807, 2.05) is 13.8 Å². The average molecular weight is 254 g/mol. The zero-order valence-corrected chi connectivity index (χ0v) is 11.3. The first-order chi connectivity index (χ1) is 8.65. The Morgan fingerprint density at radius 1 is 1.44 bits per heavy atom. The third-order valence-electron chi connectivity index (χ3n) is 2.35. The maximum atomic E-state index is 11.7. The second-order valence-corrected chi connectivity index (χ2v) is 4.42. The summed E-state index contributed by atoms with van der Waals surface area (Å²) in [4.78, 5) is 15.8. The molecule has 0 saturated carbocycles. The standard InChI is InChI=1S/C12H22N4O2/c1-4-7-18-8-5-6-13-12(17)11-14-10(9(2)3)15-16-11/h9H,4-8H2,1-3H3,(H,13,17)(H,14,15,16). The smallest absolute Gasteiger partial charge is 0.290 e. The molecule has 2 N–H and O–H groups in total. The summed E-state index contributed by atoms with van der Waals surface area (Å²) >= 11 is 0. The SMILES string of the molecule is CCCOCCCNC(=O)c1n[nH]c(C(C)C)n1. The number of nitrogens with one attached hydrogen (secondary N) is 2. The minimum Gasteiger partial charge on any atom is -0.381 e. The highest BCUT2D eigenvalue weighted by atomic mass is 16.5. The third kappa shape index (κ3) is 4.83. The van der Waals surface area contributed by atoms with Gasteiger partial charge in [0, 0.05) is 25.7 Å². The van der Waals surface area contributed by atoms with Gasteiger partial charge in [-0.25, -0.2) is 4.98 Å². The predicted octanol–water partition coefficient (Wildman–Crippen LogP) is 1.47. The average Bonchev–Trinajstić information content (AvgIpc) is 2.83. The first-order valence-corrected chi connectivity index (χ1v) is 6.43. The van der Waals surface area contributed by atoms with Gasteiger partial charge in [-0.15, -0.1) is 5.10 Å². The number of nitrogens with zero attached hydrogens (tertiary/aromatic N) is 2. The van der Waals surface area contributed by atoms with Crippen LogP contribution in [-0.4, -0.2) is 40.8 Å². The molecule has 6 nitrogen and oxygen atoms in total. The van der Waals surface area contributed by atoms with Gasteiger partial charge in [-0.1, -0.05) is 20.8 Å². The van der Waals surface area contributed by atoms with Crippen molar-refractivity contribution >= 4 is 5.91 Å². The van der Waals surface area contributed by atoms with Crippen molar-refractivity contribution in [2.45, 2.75) is 39.5 Å².